The number of nitrogens with two attached hydrogens (primary N) is 1. The minimum Gasteiger partial charge on any atom is -0.467 e. The molecular weight excluding hydrogens is 242 g/mol. The highest BCUT2D eigenvalue weighted by Crippen LogP contribution is 2.28. The van der Waals surface area contributed by atoms with Crippen LogP contribution in [-0.4, -0.2) is 37.0 Å². The predicted octanol–water partition coefficient (Wildman–Crippen LogP) is 0.955. The molecule has 1 amide bonds. The van der Waals surface area contributed by atoms with Crippen LogP contribution in [-0.2, 0) is 11.3 Å². The standard InChI is InChI=1S/C14H23N3O2/c1-17(13-6-2-4-11(13)8-15)10-14(18)16-9-12-5-3-7-19-12/h3,5,7,11,13H,2,4,6,8-10,15H2,1H3,(H,16,18). The van der Waals surface area contributed by atoms with Crippen LogP contribution in [0.5, 0.6) is 0 Å². The zero-order chi connectivity index (χ0) is 13.7. The van der Waals surface area contributed by atoms with E-state index in [2.05, 4.69) is 10.2 Å². The van der Waals surface area contributed by atoms with Crippen molar-refractivity contribution in [1.82, 2.24) is 10.2 Å². The van der Waals surface area contributed by atoms with Crippen molar-refractivity contribution < 1.29 is 9.21 Å². The molecule has 1 fully saturated rings. The summed E-state index contributed by atoms with van der Waals surface area (Å²) in [5.41, 5.74) is 5.78. The van der Waals surface area contributed by atoms with Crippen LogP contribution in [0.2, 0.25) is 0 Å². The summed E-state index contributed by atoms with van der Waals surface area (Å²) in [6.45, 7) is 1.58. The Balaban J connectivity index is 1.75. The Labute approximate surface area is 114 Å². The first kappa shape index (κ1) is 14.1. The van der Waals surface area contributed by atoms with Crippen molar-refractivity contribution in [2.75, 3.05) is 20.1 Å². The topological polar surface area (TPSA) is 71.5 Å². The number of furan rings is 1. The number of carbonyl (C=O) groups excluding carboxylic acids is 1. The van der Waals surface area contributed by atoms with Gasteiger partial charge in [-0.25, -0.2) is 0 Å². The minimum atomic E-state index is 0.0292. The van der Waals surface area contributed by atoms with Gasteiger partial charge in [0.25, 0.3) is 0 Å². The molecule has 2 unspecified atom stereocenters. The number of amides is 1. The maximum absolute atomic E-state index is 11.9. The van der Waals surface area contributed by atoms with Crippen LogP contribution in [0.4, 0.5) is 0 Å². The highest BCUT2D eigenvalue weighted by Gasteiger charge is 2.29. The SMILES string of the molecule is CN(CC(=O)NCc1ccco1)C1CCCC1CN. The number of hydrogen-bond donors (Lipinski definition) is 2. The van der Waals surface area contributed by atoms with Crippen molar-refractivity contribution in [2.24, 2.45) is 11.7 Å². The van der Waals surface area contributed by atoms with Crippen molar-refractivity contribution >= 4 is 5.91 Å². The lowest BCUT2D eigenvalue weighted by molar-refractivity contribution is -0.122. The molecule has 0 spiro atoms. The average molecular weight is 265 g/mol. The van der Waals surface area contributed by atoms with Gasteiger partial charge in [-0.3, -0.25) is 9.69 Å². The maximum Gasteiger partial charge on any atom is 0.234 e. The van der Waals surface area contributed by atoms with Gasteiger partial charge in [-0.1, -0.05) is 6.42 Å². The quantitative estimate of drug-likeness (QED) is 0.803. The molecule has 2 atom stereocenters. The van der Waals surface area contributed by atoms with Gasteiger partial charge in [0, 0.05) is 6.04 Å². The molecule has 1 aliphatic rings. The first-order valence-corrected chi connectivity index (χ1v) is 6.90. The molecule has 1 heterocycles. The van der Waals surface area contributed by atoms with E-state index in [1.807, 2.05) is 19.2 Å². The molecule has 19 heavy (non-hydrogen) atoms. The normalized spacial score (nSPS) is 22.9. The summed E-state index contributed by atoms with van der Waals surface area (Å²) in [6.07, 6.45) is 5.15. The predicted molar refractivity (Wildman–Crippen MR) is 73.4 cm³/mol. The van der Waals surface area contributed by atoms with Crippen molar-refractivity contribution in [1.29, 1.82) is 0 Å². The van der Waals surface area contributed by atoms with Gasteiger partial charge in [0.1, 0.15) is 5.76 Å². The number of likely N-dealkylation sites (N-methyl/N-ethyl adjacent to an activating group) is 1. The molecule has 1 saturated carbocycles. The van der Waals surface area contributed by atoms with E-state index >= 15 is 0 Å². The van der Waals surface area contributed by atoms with Crippen molar-refractivity contribution in [2.45, 2.75) is 31.8 Å². The van der Waals surface area contributed by atoms with Gasteiger partial charge in [-0.05, 0) is 44.5 Å². The first-order valence-electron chi connectivity index (χ1n) is 6.90. The van der Waals surface area contributed by atoms with E-state index in [1.165, 1.54) is 12.8 Å². The second-order valence-corrected chi connectivity index (χ2v) is 5.27. The van der Waals surface area contributed by atoms with Crippen LogP contribution in [0.3, 0.4) is 0 Å². The lowest BCUT2D eigenvalue weighted by Gasteiger charge is -2.28. The molecule has 5 heteroatoms. The van der Waals surface area contributed by atoms with Gasteiger partial charge in [0.2, 0.25) is 5.91 Å². The average Bonchev–Trinajstić information content (AvgIpc) is 3.07. The minimum absolute atomic E-state index is 0.0292. The van der Waals surface area contributed by atoms with Gasteiger partial charge in [0.05, 0.1) is 19.4 Å². The second kappa shape index (κ2) is 6.73. The molecule has 0 aliphatic heterocycles. The molecule has 1 aromatic rings. The number of hydrogen-bond acceptors (Lipinski definition) is 4. The molecule has 0 aromatic carbocycles. The summed E-state index contributed by atoms with van der Waals surface area (Å²) in [7, 11) is 2.01. The summed E-state index contributed by atoms with van der Waals surface area (Å²) in [4.78, 5) is 14.0. The molecule has 1 aliphatic carbocycles. The van der Waals surface area contributed by atoms with Crippen molar-refractivity contribution in [3.8, 4) is 0 Å². The molecule has 0 bridgehead atoms. The third kappa shape index (κ3) is 3.81. The summed E-state index contributed by atoms with van der Waals surface area (Å²) < 4.78 is 5.18. The third-order valence-corrected chi connectivity index (χ3v) is 3.92. The first-order chi connectivity index (χ1) is 9.20. The van der Waals surface area contributed by atoms with Gasteiger partial charge in [0.15, 0.2) is 0 Å². The molecule has 3 N–H and O–H groups in total. The van der Waals surface area contributed by atoms with E-state index < -0.39 is 0 Å². The van der Waals surface area contributed by atoms with Gasteiger partial charge in [-0.2, -0.15) is 0 Å². The molecular formula is C14H23N3O2. The molecule has 0 saturated heterocycles. The highest BCUT2D eigenvalue weighted by molar-refractivity contribution is 5.77. The van der Waals surface area contributed by atoms with Crippen LogP contribution in [0.1, 0.15) is 25.0 Å². The Kier molecular flexibility index (Phi) is 4.99. The molecule has 5 nitrogen and oxygen atoms in total. The fraction of sp³-hybridized carbons (Fsp3) is 0.643. The Morgan fingerprint density at radius 3 is 3.11 bits per heavy atom. The molecule has 2 rings (SSSR count). The fourth-order valence-electron chi connectivity index (χ4n) is 2.87. The zero-order valence-electron chi connectivity index (χ0n) is 11.5. The van der Waals surface area contributed by atoms with E-state index in [0.717, 1.165) is 12.2 Å². The third-order valence-electron chi connectivity index (χ3n) is 3.92. The Bertz CT molecular complexity index is 391. The van der Waals surface area contributed by atoms with Crippen molar-refractivity contribution in [3.63, 3.8) is 0 Å². The van der Waals surface area contributed by atoms with Crippen LogP contribution >= 0.6 is 0 Å². The van der Waals surface area contributed by atoms with E-state index in [9.17, 15) is 4.79 Å². The summed E-state index contributed by atoms with van der Waals surface area (Å²) >= 11 is 0. The number of nitrogens with zero attached hydrogens (tertiary/aromatic N) is 1. The zero-order valence-corrected chi connectivity index (χ0v) is 11.5. The Morgan fingerprint density at radius 2 is 2.42 bits per heavy atom. The Morgan fingerprint density at radius 1 is 1.58 bits per heavy atom. The van der Waals surface area contributed by atoms with E-state index in [0.29, 0.717) is 31.6 Å². The van der Waals surface area contributed by atoms with Gasteiger partial charge >= 0.3 is 0 Å². The lowest BCUT2D eigenvalue weighted by atomic mass is 10.0. The lowest BCUT2D eigenvalue weighted by Crippen LogP contribution is -2.43. The largest absolute Gasteiger partial charge is 0.467 e. The monoisotopic (exact) mass is 265 g/mol. The van der Waals surface area contributed by atoms with Gasteiger partial charge < -0.3 is 15.5 Å². The van der Waals surface area contributed by atoms with E-state index in [-0.39, 0.29) is 5.91 Å². The van der Waals surface area contributed by atoms with Crippen molar-refractivity contribution in [3.05, 3.63) is 24.2 Å². The van der Waals surface area contributed by atoms with Crippen LogP contribution in [0.25, 0.3) is 0 Å². The second-order valence-electron chi connectivity index (χ2n) is 5.27. The summed E-state index contributed by atoms with van der Waals surface area (Å²) in [6, 6.07) is 4.11. The number of rotatable bonds is 6. The van der Waals surface area contributed by atoms with Crippen LogP contribution in [0.15, 0.2) is 22.8 Å². The fourth-order valence-corrected chi connectivity index (χ4v) is 2.87. The Hall–Kier alpha value is -1.33. The van der Waals surface area contributed by atoms with E-state index in [1.54, 1.807) is 6.26 Å². The summed E-state index contributed by atoms with van der Waals surface area (Å²) in [5, 5.41) is 2.87. The smallest absolute Gasteiger partial charge is 0.234 e. The number of carbonyl (C=O) groups is 1. The van der Waals surface area contributed by atoms with E-state index in [4.69, 9.17) is 10.2 Å². The molecule has 106 valence electrons. The highest BCUT2D eigenvalue weighted by atomic mass is 16.3. The molecule has 1 aromatic heterocycles. The summed E-state index contributed by atoms with van der Waals surface area (Å²) in [5.74, 6) is 1.33. The van der Waals surface area contributed by atoms with Gasteiger partial charge in [-0.15, -0.1) is 0 Å². The maximum atomic E-state index is 11.9. The van der Waals surface area contributed by atoms with Crippen LogP contribution < -0.4 is 11.1 Å². The van der Waals surface area contributed by atoms with Crippen LogP contribution in [0, 0.1) is 5.92 Å². The number of nitrogens with one attached hydrogen (secondary N) is 1. The molecule has 0 radical (unpaired) electrons.